The molecule has 44 heavy (non-hydrogen) atoms. The van der Waals surface area contributed by atoms with Gasteiger partial charge in [-0.3, -0.25) is 9.59 Å². The Morgan fingerprint density at radius 1 is 0.977 bits per heavy atom. The van der Waals surface area contributed by atoms with E-state index in [0.29, 0.717) is 16.6 Å². The van der Waals surface area contributed by atoms with Crippen LogP contribution in [0.4, 0.5) is 5.13 Å². The van der Waals surface area contributed by atoms with Crippen LogP contribution in [0.25, 0.3) is 11.3 Å². The van der Waals surface area contributed by atoms with Crippen LogP contribution in [0.15, 0.2) is 78.2 Å². The van der Waals surface area contributed by atoms with Gasteiger partial charge in [0.05, 0.1) is 17.2 Å². The van der Waals surface area contributed by atoms with Gasteiger partial charge in [-0.1, -0.05) is 74.5 Å². The number of carbonyl (C=O) groups excluding carboxylic acids is 2. The molecule has 6 nitrogen and oxygen atoms in total. The molecule has 4 aliphatic rings. The third-order valence-electron chi connectivity index (χ3n) is 10.5. The minimum Gasteiger partial charge on any atom is -0.381 e. The van der Waals surface area contributed by atoms with E-state index < -0.39 is 5.41 Å². The van der Waals surface area contributed by atoms with Crippen molar-refractivity contribution in [2.45, 2.75) is 69.9 Å². The van der Waals surface area contributed by atoms with E-state index in [1.54, 1.807) is 7.11 Å². The maximum absolute atomic E-state index is 14.3. The summed E-state index contributed by atoms with van der Waals surface area (Å²) in [6.07, 6.45) is 4.62. The number of anilines is 1. The molecule has 8 rings (SSSR count). The fraction of sp³-hybridized carbons (Fsp3) is 0.378. The van der Waals surface area contributed by atoms with E-state index in [4.69, 9.17) is 9.72 Å². The second kappa shape index (κ2) is 11.6. The SMILES string of the molecule is CCC1(C(=O)Nc2nc(-c3cccc(C(=O)NC4CCC(OC)CC4C)c3)cs2)CC2c3ccccc3C1c1ccccc12. The van der Waals surface area contributed by atoms with Gasteiger partial charge in [-0.2, -0.15) is 0 Å². The van der Waals surface area contributed by atoms with E-state index in [0.717, 1.165) is 43.4 Å². The van der Waals surface area contributed by atoms with Gasteiger partial charge in [0.1, 0.15) is 0 Å². The van der Waals surface area contributed by atoms with Crippen molar-refractivity contribution in [2.75, 3.05) is 12.4 Å². The van der Waals surface area contributed by atoms with Gasteiger partial charge in [0, 0.05) is 41.5 Å². The summed E-state index contributed by atoms with van der Waals surface area (Å²) in [6, 6.07) is 25.0. The van der Waals surface area contributed by atoms with Crippen LogP contribution in [0.1, 0.15) is 90.4 Å². The third-order valence-corrected chi connectivity index (χ3v) is 11.2. The zero-order chi connectivity index (χ0) is 30.4. The van der Waals surface area contributed by atoms with Crippen LogP contribution in [0.2, 0.25) is 0 Å². The highest BCUT2D eigenvalue weighted by Crippen LogP contribution is 2.62. The van der Waals surface area contributed by atoms with Crippen LogP contribution in [0.5, 0.6) is 0 Å². The predicted octanol–water partition coefficient (Wildman–Crippen LogP) is 7.76. The average molecular weight is 606 g/mol. The molecular weight excluding hydrogens is 566 g/mol. The van der Waals surface area contributed by atoms with Crippen molar-refractivity contribution >= 4 is 28.3 Å². The lowest BCUT2D eigenvalue weighted by Gasteiger charge is -2.52. The van der Waals surface area contributed by atoms with Crippen LogP contribution in [-0.2, 0) is 9.53 Å². The number of fused-ring (bicyclic) bond motifs is 1. The van der Waals surface area contributed by atoms with Gasteiger partial charge in [0.2, 0.25) is 5.91 Å². The van der Waals surface area contributed by atoms with Crippen LogP contribution >= 0.6 is 11.3 Å². The van der Waals surface area contributed by atoms with Crippen molar-refractivity contribution in [3.05, 3.63) is 106 Å². The lowest BCUT2D eigenvalue weighted by molar-refractivity contribution is -0.128. The first-order valence-electron chi connectivity index (χ1n) is 15.8. The Morgan fingerprint density at radius 2 is 1.68 bits per heavy atom. The molecule has 4 unspecified atom stereocenters. The third kappa shape index (κ3) is 4.87. The second-order valence-corrected chi connectivity index (χ2v) is 13.6. The number of rotatable bonds is 7. The molecule has 4 atom stereocenters. The molecule has 226 valence electrons. The number of amides is 2. The first kappa shape index (κ1) is 28.9. The molecule has 1 fully saturated rings. The Hall–Kier alpha value is -3.81. The van der Waals surface area contributed by atoms with Crippen LogP contribution < -0.4 is 10.6 Å². The zero-order valence-electron chi connectivity index (χ0n) is 25.5. The first-order chi connectivity index (χ1) is 21.4. The second-order valence-electron chi connectivity index (χ2n) is 12.8. The van der Waals surface area contributed by atoms with Crippen LogP contribution in [0.3, 0.4) is 0 Å². The highest BCUT2D eigenvalue weighted by Gasteiger charge is 2.55. The summed E-state index contributed by atoms with van der Waals surface area (Å²) in [5.74, 6) is 0.536. The molecule has 3 aromatic carbocycles. The Kier molecular flexibility index (Phi) is 7.63. The van der Waals surface area contributed by atoms with Gasteiger partial charge in [-0.15, -0.1) is 11.3 Å². The molecular formula is C37H39N3O3S. The lowest BCUT2D eigenvalue weighted by Crippen LogP contribution is -2.48. The molecule has 0 aliphatic heterocycles. The van der Waals surface area contributed by atoms with Gasteiger partial charge < -0.3 is 15.4 Å². The van der Waals surface area contributed by atoms with E-state index in [9.17, 15) is 9.59 Å². The molecule has 1 heterocycles. The van der Waals surface area contributed by atoms with E-state index in [-0.39, 0.29) is 35.8 Å². The number of methoxy groups -OCH3 is 1. The van der Waals surface area contributed by atoms with Crippen molar-refractivity contribution in [3.63, 3.8) is 0 Å². The van der Waals surface area contributed by atoms with E-state index in [1.807, 2.05) is 29.6 Å². The van der Waals surface area contributed by atoms with Crippen LogP contribution in [0, 0.1) is 11.3 Å². The molecule has 2 bridgehead atoms. The predicted molar refractivity (Wildman–Crippen MR) is 175 cm³/mol. The standard InChI is InChI=1S/C37H39N3O3S/c1-4-37(20-30-26-12-5-7-14-28(26)33(37)29-15-8-6-13-27(29)30)35(42)40-36-39-32(21-44-36)23-10-9-11-24(19-23)34(41)38-31-17-16-25(43-3)18-22(31)2/h5-15,19,21-22,25,30-31,33H,4,16-18,20H2,1-3H3,(H,38,41)(H,39,40,42). The number of benzene rings is 3. The van der Waals surface area contributed by atoms with Gasteiger partial charge in [-0.25, -0.2) is 4.98 Å². The molecule has 0 spiro atoms. The molecule has 0 saturated heterocycles. The molecule has 2 N–H and O–H groups in total. The van der Waals surface area contributed by atoms with Gasteiger partial charge >= 0.3 is 0 Å². The largest absolute Gasteiger partial charge is 0.381 e. The Morgan fingerprint density at radius 3 is 2.34 bits per heavy atom. The van der Waals surface area contributed by atoms with Crippen molar-refractivity contribution in [3.8, 4) is 11.3 Å². The average Bonchev–Trinajstić information content (AvgIpc) is 3.54. The van der Waals surface area contributed by atoms with Gasteiger partial charge in [0.15, 0.2) is 5.13 Å². The van der Waals surface area contributed by atoms with E-state index >= 15 is 0 Å². The van der Waals surface area contributed by atoms with Gasteiger partial charge in [0.25, 0.3) is 5.91 Å². The number of ether oxygens (including phenoxy) is 1. The number of nitrogens with zero attached hydrogens (tertiary/aromatic N) is 1. The fourth-order valence-electron chi connectivity index (χ4n) is 8.08. The summed E-state index contributed by atoms with van der Waals surface area (Å²) in [4.78, 5) is 32.3. The molecule has 1 saturated carbocycles. The van der Waals surface area contributed by atoms with Crippen molar-refractivity contribution < 1.29 is 14.3 Å². The highest BCUT2D eigenvalue weighted by molar-refractivity contribution is 7.14. The summed E-state index contributed by atoms with van der Waals surface area (Å²) < 4.78 is 5.53. The van der Waals surface area contributed by atoms with Crippen LogP contribution in [-0.4, -0.2) is 36.1 Å². The maximum Gasteiger partial charge on any atom is 0.251 e. The molecule has 4 aromatic rings. The van der Waals surface area contributed by atoms with Crippen molar-refractivity contribution in [1.29, 1.82) is 0 Å². The van der Waals surface area contributed by atoms with Crippen molar-refractivity contribution in [1.82, 2.24) is 10.3 Å². The molecule has 0 radical (unpaired) electrons. The summed E-state index contributed by atoms with van der Waals surface area (Å²) in [5, 5.41) is 9.01. The smallest absolute Gasteiger partial charge is 0.251 e. The number of carbonyl (C=O) groups is 2. The maximum atomic E-state index is 14.3. The molecule has 7 heteroatoms. The van der Waals surface area contributed by atoms with E-state index in [1.165, 1.54) is 33.6 Å². The highest BCUT2D eigenvalue weighted by atomic mass is 32.1. The number of nitrogens with one attached hydrogen (secondary N) is 2. The normalized spacial score (nSPS) is 26.8. The lowest BCUT2D eigenvalue weighted by atomic mass is 9.51. The topological polar surface area (TPSA) is 80.3 Å². The minimum absolute atomic E-state index is 0.00629. The number of thiazole rings is 1. The fourth-order valence-corrected chi connectivity index (χ4v) is 8.79. The van der Waals surface area contributed by atoms with Gasteiger partial charge in [-0.05, 0) is 72.4 Å². The van der Waals surface area contributed by atoms with Crippen molar-refractivity contribution in [2.24, 2.45) is 11.3 Å². The number of aromatic nitrogens is 1. The summed E-state index contributed by atoms with van der Waals surface area (Å²) >= 11 is 1.43. The zero-order valence-corrected chi connectivity index (χ0v) is 26.3. The first-order valence-corrected chi connectivity index (χ1v) is 16.7. The Bertz CT molecular complexity index is 1670. The molecule has 1 aromatic heterocycles. The quantitative estimate of drug-likeness (QED) is 0.226. The number of hydrogen-bond acceptors (Lipinski definition) is 5. The molecule has 4 aliphatic carbocycles. The summed E-state index contributed by atoms with van der Waals surface area (Å²) in [6.45, 7) is 4.32. The Balaban J connectivity index is 1.10. The summed E-state index contributed by atoms with van der Waals surface area (Å²) in [7, 11) is 1.76. The monoisotopic (exact) mass is 605 g/mol. The summed E-state index contributed by atoms with van der Waals surface area (Å²) in [5.41, 5.74) is 6.91. The number of hydrogen-bond donors (Lipinski definition) is 2. The molecule has 2 amide bonds. The van der Waals surface area contributed by atoms with E-state index in [2.05, 4.69) is 73.0 Å². The minimum atomic E-state index is -0.559. The Labute approximate surface area is 263 Å².